The van der Waals surface area contributed by atoms with E-state index in [1.807, 2.05) is 12.2 Å². The number of nitrogens with one attached hydrogen (secondary N) is 2. The number of nitrogen functional groups attached to an aromatic ring is 2. The van der Waals surface area contributed by atoms with Crippen molar-refractivity contribution in [3.63, 3.8) is 0 Å². The standard InChI is InChI=1S/C26H41N7O4Si/c1-26(2,3)38(4,5)37-12-8-11-36-21-15-17(23(29)34)13-19(27)22(21)31-9-6-7-10-32-25-20(28)14-18(16-33-25)24(30)35/h6-7,13-16,31H,8-12,27-28H2,1-5H3,(H2,29,34)(H2,30,35)(H,32,33)/b7-6+. The monoisotopic (exact) mass is 543 g/mol. The van der Waals surface area contributed by atoms with Gasteiger partial charge >= 0.3 is 0 Å². The lowest BCUT2D eigenvalue weighted by molar-refractivity contribution is 0.0991. The first kappa shape index (κ1) is 30.5. The van der Waals surface area contributed by atoms with Crippen LogP contribution in [0.4, 0.5) is 22.9 Å². The summed E-state index contributed by atoms with van der Waals surface area (Å²) in [5, 5.41) is 6.43. The summed E-state index contributed by atoms with van der Waals surface area (Å²) in [6, 6.07) is 4.58. The van der Waals surface area contributed by atoms with E-state index in [9.17, 15) is 9.59 Å². The number of carbonyl (C=O) groups excluding carboxylic acids is 2. The van der Waals surface area contributed by atoms with E-state index in [4.69, 9.17) is 32.1 Å². The maximum absolute atomic E-state index is 11.7. The molecule has 0 bridgehead atoms. The third-order valence-electron chi connectivity index (χ3n) is 6.38. The van der Waals surface area contributed by atoms with Crippen molar-refractivity contribution in [2.75, 3.05) is 48.4 Å². The number of rotatable bonds is 14. The predicted octanol–water partition coefficient (Wildman–Crippen LogP) is 3.31. The van der Waals surface area contributed by atoms with Crippen molar-refractivity contribution in [3.8, 4) is 5.75 Å². The summed E-state index contributed by atoms with van der Waals surface area (Å²) >= 11 is 0. The molecule has 12 heteroatoms. The fraction of sp³-hybridized carbons (Fsp3) is 0.423. The third kappa shape index (κ3) is 8.66. The normalized spacial score (nSPS) is 11.9. The molecule has 10 N–H and O–H groups in total. The lowest BCUT2D eigenvalue weighted by atomic mass is 10.1. The molecule has 0 saturated heterocycles. The van der Waals surface area contributed by atoms with Gasteiger partial charge in [0.05, 0.1) is 23.5 Å². The Balaban J connectivity index is 1.94. The SMILES string of the molecule is CC(C)(C)[Si](C)(C)OCCCOc1cc(C(N)=O)cc(N)c1NC/C=C/CNc1ncc(C(N)=O)cc1N. The maximum atomic E-state index is 11.7. The van der Waals surface area contributed by atoms with Crippen LogP contribution in [0.1, 0.15) is 47.9 Å². The summed E-state index contributed by atoms with van der Waals surface area (Å²) in [6.45, 7) is 12.9. The first-order valence-electron chi connectivity index (χ1n) is 12.4. The van der Waals surface area contributed by atoms with E-state index in [1.165, 1.54) is 18.3 Å². The van der Waals surface area contributed by atoms with Gasteiger partial charge in [0.15, 0.2) is 8.32 Å². The van der Waals surface area contributed by atoms with Crippen molar-refractivity contribution < 1.29 is 18.8 Å². The molecule has 0 spiro atoms. The highest BCUT2D eigenvalue weighted by molar-refractivity contribution is 6.74. The summed E-state index contributed by atoms with van der Waals surface area (Å²) < 4.78 is 12.2. The van der Waals surface area contributed by atoms with E-state index in [2.05, 4.69) is 49.5 Å². The van der Waals surface area contributed by atoms with Crippen molar-refractivity contribution in [2.24, 2.45) is 11.5 Å². The Morgan fingerprint density at radius 1 is 0.947 bits per heavy atom. The van der Waals surface area contributed by atoms with Crippen molar-refractivity contribution >= 4 is 43.0 Å². The molecule has 1 heterocycles. The first-order chi connectivity index (χ1) is 17.7. The van der Waals surface area contributed by atoms with Gasteiger partial charge in [0.2, 0.25) is 11.8 Å². The number of nitrogens with zero attached hydrogens (tertiary/aromatic N) is 1. The van der Waals surface area contributed by atoms with Crippen LogP contribution >= 0.6 is 0 Å². The zero-order valence-corrected chi connectivity index (χ0v) is 23.9. The summed E-state index contributed by atoms with van der Waals surface area (Å²) in [4.78, 5) is 27.1. The molecule has 0 fully saturated rings. The van der Waals surface area contributed by atoms with Gasteiger partial charge in [-0.25, -0.2) is 4.98 Å². The molecule has 1 aromatic heterocycles. The van der Waals surface area contributed by atoms with Crippen LogP contribution in [-0.4, -0.2) is 51.4 Å². The van der Waals surface area contributed by atoms with Crippen LogP contribution in [0.5, 0.6) is 5.75 Å². The molecular formula is C26H41N7O4Si. The highest BCUT2D eigenvalue weighted by Gasteiger charge is 2.36. The second kappa shape index (κ2) is 13.2. The topological polar surface area (TPSA) is 194 Å². The second-order valence-electron chi connectivity index (χ2n) is 10.4. The molecule has 2 rings (SSSR count). The molecule has 2 aromatic rings. The lowest BCUT2D eigenvalue weighted by Gasteiger charge is -2.36. The van der Waals surface area contributed by atoms with Gasteiger partial charge in [-0.1, -0.05) is 32.9 Å². The number of hydrogen-bond donors (Lipinski definition) is 6. The summed E-state index contributed by atoms with van der Waals surface area (Å²) in [6.07, 6.45) is 5.82. The lowest BCUT2D eigenvalue weighted by Crippen LogP contribution is -2.41. The molecule has 0 aliphatic heterocycles. The molecule has 38 heavy (non-hydrogen) atoms. The number of pyridine rings is 1. The molecule has 0 radical (unpaired) electrons. The van der Waals surface area contributed by atoms with Crippen LogP contribution < -0.4 is 38.3 Å². The smallest absolute Gasteiger partial charge is 0.250 e. The van der Waals surface area contributed by atoms with E-state index >= 15 is 0 Å². The van der Waals surface area contributed by atoms with E-state index in [1.54, 1.807) is 6.07 Å². The predicted molar refractivity (Wildman–Crippen MR) is 156 cm³/mol. The van der Waals surface area contributed by atoms with Crippen LogP contribution in [0.2, 0.25) is 18.1 Å². The molecule has 0 atom stereocenters. The summed E-state index contributed by atoms with van der Waals surface area (Å²) in [7, 11) is -1.83. The number of hydrogen-bond acceptors (Lipinski definition) is 9. The molecule has 0 aliphatic carbocycles. The van der Waals surface area contributed by atoms with Crippen LogP contribution in [0.15, 0.2) is 36.5 Å². The fourth-order valence-electron chi connectivity index (χ4n) is 3.11. The van der Waals surface area contributed by atoms with E-state index < -0.39 is 20.1 Å². The van der Waals surface area contributed by atoms with Gasteiger partial charge in [-0.3, -0.25) is 9.59 Å². The zero-order valence-electron chi connectivity index (χ0n) is 22.9. The van der Waals surface area contributed by atoms with Gasteiger partial charge < -0.3 is 42.7 Å². The van der Waals surface area contributed by atoms with Gasteiger partial charge in [0.25, 0.3) is 0 Å². The van der Waals surface area contributed by atoms with Crippen molar-refractivity contribution in [3.05, 3.63) is 47.7 Å². The molecule has 11 nitrogen and oxygen atoms in total. The number of ether oxygens (including phenoxy) is 1. The Hall–Kier alpha value is -3.77. The minimum Gasteiger partial charge on any atom is -0.491 e. The van der Waals surface area contributed by atoms with Gasteiger partial charge in [-0.05, 0) is 36.3 Å². The Bertz CT molecular complexity index is 1160. The first-order valence-corrected chi connectivity index (χ1v) is 15.3. The number of aromatic nitrogens is 1. The average Bonchev–Trinajstić information content (AvgIpc) is 2.81. The van der Waals surface area contributed by atoms with Crippen LogP contribution in [-0.2, 0) is 4.43 Å². The zero-order chi connectivity index (χ0) is 28.5. The summed E-state index contributed by atoms with van der Waals surface area (Å²) in [5.74, 6) is -0.277. The number of nitrogens with two attached hydrogens (primary N) is 4. The number of primary amides is 2. The molecule has 2 amide bonds. The Morgan fingerprint density at radius 3 is 2.13 bits per heavy atom. The average molecular weight is 544 g/mol. The Labute approximate surface area is 225 Å². The minimum atomic E-state index is -1.83. The Morgan fingerprint density at radius 2 is 1.55 bits per heavy atom. The molecule has 0 aliphatic rings. The van der Waals surface area contributed by atoms with Gasteiger partial charge in [-0.2, -0.15) is 0 Å². The maximum Gasteiger partial charge on any atom is 0.250 e. The number of carbonyl (C=O) groups is 2. The quantitative estimate of drug-likeness (QED) is 0.0896. The molecule has 0 saturated carbocycles. The van der Waals surface area contributed by atoms with Crippen LogP contribution in [0, 0.1) is 0 Å². The van der Waals surface area contributed by atoms with Crippen LogP contribution in [0.25, 0.3) is 0 Å². The van der Waals surface area contributed by atoms with Gasteiger partial charge in [-0.15, -0.1) is 0 Å². The van der Waals surface area contributed by atoms with Crippen molar-refractivity contribution in [2.45, 2.75) is 45.3 Å². The number of benzene rings is 1. The molecule has 1 aromatic carbocycles. The van der Waals surface area contributed by atoms with Gasteiger partial charge in [0.1, 0.15) is 17.3 Å². The molecule has 0 unspecified atom stereocenters. The Kier molecular flexibility index (Phi) is 10.5. The fourth-order valence-corrected chi connectivity index (χ4v) is 4.20. The van der Waals surface area contributed by atoms with E-state index in [0.717, 1.165) is 0 Å². The summed E-state index contributed by atoms with van der Waals surface area (Å²) in [5.41, 5.74) is 24.6. The van der Waals surface area contributed by atoms with Gasteiger partial charge in [0, 0.05) is 37.9 Å². The highest BCUT2D eigenvalue weighted by Crippen LogP contribution is 2.36. The molecular weight excluding hydrogens is 502 g/mol. The van der Waals surface area contributed by atoms with Crippen molar-refractivity contribution in [1.82, 2.24) is 4.98 Å². The van der Waals surface area contributed by atoms with Crippen molar-refractivity contribution in [1.29, 1.82) is 0 Å². The highest BCUT2D eigenvalue weighted by atomic mass is 28.4. The number of amides is 2. The largest absolute Gasteiger partial charge is 0.491 e. The second-order valence-corrected chi connectivity index (χ2v) is 15.2. The van der Waals surface area contributed by atoms with Crippen LogP contribution in [0.3, 0.4) is 0 Å². The third-order valence-corrected chi connectivity index (χ3v) is 10.9. The van der Waals surface area contributed by atoms with E-state index in [0.29, 0.717) is 61.4 Å². The molecule has 208 valence electrons. The van der Waals surface area contributed by atoms with E-state index in [-0.39, 0.29) is 16.2 Å². The minimum absolute atomic E-state index is 0.136. The number of anilines is 4.